The van der Waals surface area contributed by atoms with Crippen molar-refractivity contribution in [1.29, 1.82) is 0 Å². The molecule has 0 aliphatic carbocycles. The largest absolute Gasteiger partial charge is 0.495 e. The summed E-state index contributed by atoms with van der Waals surface area (Å²) in [6.07, 6.45) is 3.21. The van der Waals surface area contributed by atoms with Crippen LogP contribution in [0.15, 0.2) is 67.1 Å². The molecule has 0 saturated carbocycles. The first-order valence-electron chi connectivity index (χ1n) is 8.37. The summed E-state index contributed by atoms with van der Waals surface area (Å²) in [6, 6.07) is 17.4. The standard InChI is InChI=1S/C20H18N6O/c1-27-16-10-3-2-8-14(16)25-19-17(21)20(24-12-23-19)26-15-9-4-6-13-7-5-11-22-18(13)15/h2-12H,21H2,1H3,(H2,23,24,25,26). The van der Waals surface area contributed by atoms with Crippen LogP contribution in [-0.2, 0) is 0 Å². The summed E-state index contributed by atoms with van der Waals surface area (Å²) < 4.78 is 5.36. The van der Waals surface area contributed by atoms with E-state index in [-0.39, 0.29) is 0 Å². The van der Waals surface area contributed by atoms with E-state index in [9.17, 15) is 0 Å². The molecule has 0 unspecified atom stereocenters. The normalized spacial score (nSPS) is 10.6. The van der Waals surface area contributed by atoms with Gasteiger partial charge in [-0.1, -0.05) is 30.3 Å². The molecular weight excluding hydrogens is 340 g/mol. The van der Waals surface area contributed by atoms with Crippen LogP contribution in [-0.4, -0.2) is 22.1 Å². The maximum atomic E-state index is 6.30. The van der Waals surface area contributed by atoms with Gasteiger partial charge in [0, 0.05) is 11.6 Å². The molecule has 0 aliphatic heterocycles. The zero-order valence-corrected chi connectivity index (χ0v) is 14.7. The van der Waals surface area contributed by atoms with Crippen LogP contribution in [0.1, 0.15) is 0 Å². The van der Waals surface area contributed by atoms with Gasteiger partial charge >= 0.3 is 0 Å². The Morgan fingerprint density at radius 3 is 2.33 bits per heavy atom. The Labute approximate surface area is 156 Å². The Morgan fingerprint density at radius 1 is 0.815 bits per heavy atom. The predicted molar refractivity (Wildman–Crippen MR) is 108 cm³/mol. The topological polar surface area (TPSA) is 98.0 Å². The number of aromatic nitrogens is 3. The van der Waals surface area contributed by atoms with Crippen molar-refractivity contribution >= 4 is 39.6 Å². The lowest BCUT2D eigenvalue weighted by Gasteiger charge is -2.14. The molecule has 27 heavy (non-hydrogen) atoms. The van der Waals surface area contributed by atoms with E-state index in [1.807, 2.05) is 54.6 Å². The molecule has 0 fully saturated rings. The number of hydrogen-bond acceptors (Lipinski definition) is 7. The molecule has 2 aromatic carbocycles. The summed E-state index contributed by atoms with van der Waals surface area (Å²) in [6.45, 7) is 0. The van der Waals surface area contributed by atoms with Crippen molar-refractivity contribution in [3.63, 3.8) is 0 Å². The summed E-state index contributed by atoms with van der Waals surface area (Å²) in [5, 5.41) is 7.49. The van der Waals surface area contributed by atoms with Gasteiger partial charge in [-0.15, -0.1) is 0 Å². The van der Waals surface area contributed by atoms with Crippen LogP contribution in [0.2, 0.25) is 0 Å². The minimum Gasteiger partial charge on any atom is -0.495 e. The molecule has 0 aliphatic rings. The van der Waals surface area contributed by atoms with E-state index in [0.29, 0.717) is 23.1 Å². The number of anilines is 5. The van der Waals surface area contributed by atoms with Gasteiger partial charge < -0.3 is 21.1 Å². The predicted octanol–water partition coefficient (Wildman–Crippen LogP) is 4.10. The van der Waals surface area contributed by atoms with Crippen LogP contribution in [0.5, 0.6) is 5.75 Å². The number of nitrogens with two attached hydrogens (primary N) is 1. The van der Waals surface area contributed by atoms with Crippen LogP contribution < -0.4 is 21.1 Å². The first-order chi connectivity index (χ1) is 13.3. The number of para-hydroxylation sites is 3. The lowest BCUT2D eigenvalue weighted by Crippen LogP contribution is -2.06. The first-order valence-corrected chi connectivity index (χ1v) is 8.37. The number of benzene rings is 2. The maximum Gasteiger partial charge on any atom is 0.159 e. The summed E-state index contributed by atoms with van der Waals surface area (Å²) >= 11 is 0. The summed E-state index contributed by atoms with van der Waals surface area (Å²) in [5.74, 6) is 1.69. The number of ether oxygens (including phenoxy) is 1. The fourth-order valence-corrected chi connectivity index (χ4v) is 2.80. The zero-order valence-electron chi connectivity index (χ0n) is 14.7. The van der Waals surface area contributed by atoms with Crippen LogP contribution in [0.4, 0.5) is 28.7 Å². The van der Waals surface area contributed by atoms with E-state index in [0.717, 1.165) is 22.3 Å². The summed E-state index contributed by atoms with van der Waals surface area (Å²) in [7, 11) is 1.62. The van der Waals surface area contributed by atoms with Crippen molar-refractivity contribution in [2.45, 2.75) is 0 Å². The molecule has 0 radical (unpaired) electrons. The van der Waals surface area contributed by atoms with Crippen LogP contribution in [0.3, 0.4) is 0 Å². The maximum absolute atomic E-state index is 6.30. The Hall–Kier alpha value is -3.87. The molecule has 2 aromatic heterocycles. The fraction of sp³-hybridized carbons (Fsp3) is 0.0500. The lowest BCUT2D eigenvalue weighted by molar-refractivity contribution is 0.417. The molecule has 2 heterocycles. The van der Waals surface area contributed by atoms with Gasteiger partial charge in [0.1, 0.15) is 17.8 Å². The van der Waals surface area contributed by atoms with Gasteiger partial charge in [-0.05, 0) is 24.3 Å². The van der Waals surface area contributed by atoms with Crippen molar-refractivity contribution in [1.82, 2.24) is 15.0 Å². The van der Waals surface area contributed by atoms with Gasteiger partial charge in [-0.2, -0.15) is 0 Å². The van der Waals surface area contributed by atoms with E-state index in [1.165, 1.54) is 6.33 Å². The minimum atomic E-state index is 0.399. The smallest absolute Gasteiger partial charge is 0.159 e. The van der Waals surface area contributed by atoms with Gasteiger partial charge in [0.25, 0.3) is 0 Å². The van der Waals surface area contributed by atoms with Crippen molar-refractivity contribution in [3.05, 3.63) is 67.1 Å². The molecule has 0 spiro atoms. The summed E-state index contributed by atoms with van der Waals surface area (Å²) in [5.41, 5.74) is 9.14. The number of methoxy groups -OCH3 is 1. The Bertz CT molecular complexity index is 1090. The van der Waals surface area contributed by atoms with Gasteiger partial charge in [0.05, 0.1) is 24.0 Å². The van der Waals surface area contributed by atoms with Gasteiger partial charge in [-0.3, -0.25) is 4.98 Å². The molecule has 4 N–H and O–H groups in total. The van der Waals surface area contributed by atoms with E-state index in [1.54, 1.807) is 13.3 Å². The highest BCUT2D eigenvalue weighted by atomic mass is 16.5. The highest BCUT2D eigenvalue weighted by Crippen LogP contribution is 2.32. The molecule has 134 valence electrons. The average Bonchev–Trinajstić information content (AvgIpc) is 2.71. The van der Waals surface area contributed by atoms with Gasteiger partial charge in [-0.25, -0.2) is 9.97 Å². The van der Waals surface area contributed by atoms with E-state index >= 15 is 0 Å². The molecule has 0 saturated heterocycles. The Balaban J connectivity index is 1.68. The Kier molecular flexibility index (Phi) is 4.40. The molecule has 0 bridgehead atoms. The molecule has 0 amide bonds. The monoisotopic (exact) mass is 358 g/mol. The van der Waals surface area contributed by atoms with Crippen molar-refractivity contribution in [3.8, 4) is 5.75 Å². The fourth-order valence-electron chi connectivity index (χ4n) is 2.80. The Morgan fingerprint density at radius 2 is 1.52 bits per heavy atom. The average molecular weight is 358 g/mol. The van der Waals surface area contributed by atoms with Crippen LogP contribution >= 0.6 is 0 Å². The number of pyridine rings is 1. The number of hydrogen-bond donors (Lipinski definition) is 3. The third-order valence-corrected chi connectivity index (χ3v) is 4.13. The number of rotatable bonds is 5. The SMILES string of the molecule is COc1ccccc1Nc1ncnc(Nc2cccc3cccnc23)c1N. The molecule has 4 rings (SSSR count). The number of nitrogens with zero attached hydrogens (tertiary/aromatic N) is 3. The zero-order chi connectivity index (χ0) is 18.6. The summed E-state index contributed by atoms with van der Waals surface area (Å²) in [4.78, 5) is 13.0. The van der Waals surface area contributed by atoms with Crippen molar-refractivity contribution < 1.29 is 4.74 Å². The number of nitrogens with one attached hydrogen (secondary N) is 2. The molecule has 4 aromatic rings. The second kappa shape index (κ2) is 7.17. The van der Waals surface area contributed by atoms with E-state index in [4.69, 9.17) is 10.5 Å². The number of fused-ring (bicyclic) bond motifs is 1. The highest BCUT2D eigenvalue weighted by Gasteiger charge is 2.12. The van der Waals surface area contributed by atoms with E-state index < -0.39 is 0 Å². The molecule has 7 nitrogen and oxygen atoms in total. The van der Waals surface area contributed by atoms with Crippen molar-refractivity contribution in [2.75, 3.05) is 23.5 Å². The lowest BCUT2D eigenvalue weighted by atomic mass is 10.2. The van der Waals surface area contributed by atoms with Gasteiger partial charge in [0.2, 0.25) is 0 Å². The molecular formula is C20H18N6O. The van der Waals surface area contributed by atoms with Crippen LogP contribution in [0.25, 0.3) is 10.9 Å². The molecule has 7 heteroatoms. The third-order valence-electron chi connectivity index (χ3n) is 4.13. The molecule has 0 atom stereocenters. The third kappa shape index (κ3) is 3.30. The van der Waals surface area contributed by atoms with Gasteiger partial charge in [0.15, 0.2) is 11.6 Å². The highest BCUT2D eigenvalue weighted by molar-refractivity contribution is 5.93. The van der Waals surface area contributed by atoms with Crippen LogP contribution in [0, 0.1) is 0 Å². The number of nitrogen functional groups attached to an aromatic ring is 1. The minimum absolute atomic E-state index is 0.399. The quantitative estimate of drug-likeness (QED) is 0.494. The second-order valence-electron chi connectivity index (χ2n) is 5.82. The van der Waals surface area contributed by atoms with E-state index in [2.05, 4.69) is 25.6 Å². The van der Waals surface area contributed by atoms with Crippen molar-refractivity contribution in [2.24, 2.45) is 0 Å². The second-order valence-corrected chi connectivity index (χ2v) is 5.82. The first kappa shape index (κ1) is 16.6.